The second kappa shape index (κ2) is 3.71. The van der Waals surface area contributed by atoms with Gasteiger partial charge in [0.05, 0.1) is 6.61 Å². The predicted octanol–water partition coefficient (Wildman–Crippen LogP) is 1.57. The van der Waals surface area contributed by atoms with E-state index in [2.05, 4.69) is 9.47 Å². The molecular formula is C10H8F2O4. The Morgan fingerprint density at radius 1 is 1.31 bits per heavy atom. The largest absolute Gasteiger partial charge is 0.586 e. The molecule has 6 heteroatoms. The Bertz CT molecular complexity index is 431. The maximum atomic E-state index is 12.6. The molecule has 0 amide bonds. The Morgan fingerprint density at radius 3 is 2.69 bits per heavy atom. The number of Topliss-reactive ketones (excluding diaryl/α,β-unsaturated/α-hetero) is 1. The standard InChI is InChI=1S/C10H8F2O4/c11-10(12)15-8-2-1-6(5-9(8)16-10)7(14)3-4-13/h1-2,5,13H,3-4H2. The van der Waals surface area contributed by atoms with Crippen LogP contribution >= 0.6 is 0 Å². The molecule has 0 saturated carbocycles. The van der Waals surface area contributed by atoms with Crippen LogP contribution in [0, 0.1) is 0 Å². The average Bonchev–Trinajstić information content (AvgIpc) is 2.50. The first-order chi connectivity index (χ1) is 7.52. The second-order valence-electron chi connectivity index (χ2n) is 3.23. The molecule has 86 valence electrons. The molecule has 4 nitrogen and oxygen atoms in total. The van der Waals surface area contributed by atoms with E-state index in [1.165, 1.54) is 18.2 Å². The van der Waals surface area contributed by atoms with Crippen LogP contribution in [0.5, 0.6) is 11.5 Å². The van der Waals surface area contributed by atoms with Crippen molar-refractivity contribution in [2.45, 2.75) is 12.7 Å². The number of benzene rings is 1. The molecule has 1 heterocycles. The summed E-state index contributed by atoms with van der Waals surface area (Å²) in [5.41, 5.74) is 0.203. The molecule has 0 aromatic heterocycles. The van der Waals surface area contributed by atoms with Gasteiger partial charge in [-0.2, -0.15) is 0 Å². The van der Waals surface area contributed by atoms with Gasteiger partial charge < -0.3 is 14.6 Å². The number of aliphatic hydroxyl groups is 1. The van der Waals surface area contributed by atoms with Crippen LogP contribution in [0.1, 0.15) is 16.8 Å². The van der Waals surface area contributed by atoms with Gasteiger partial charge in [-0.1, -0.05) is 0 Å². The summed E-state index contributed by atoms with van der Waals surface area (Å²) in [6, 6.07) is 3.76. The summed E-state index contributed by atoms with van der Waals surface area (Å²) in [5, 5.41) is 8.58. The molecule has 1 aromatic rings. The molecule has 0 bridgehead atoms. The van der Waals surface area contributed by atoms with Crippen molar-refractivity contribution in [3.05, 3.63) is 23.8 Å². The van der Waals surface area contributed by atoms with Gasteiger partial charge in [0.1, 0.15) is 0 Å². The zero-order chi connectivity index (χ0) is 11.8. The first kappa shape index (κ1) is 10.8. The molecule has 0 saturated heterocycles. The zero-order valence-corrected chi connectivity index (χ0v) is 8.07. The summed E-state index contributed by atoms with van der Waals surface area (Å²) in [5.74, 6) is -0.622. The number of alkyl halides is 2. The third-order valence-corrected chi connectivity index (χ3v) is 2.06. The Labute approximate surface area is 89.4 Å². The molecule has 1 N–H and O–H groups in total. The van der Waals surface area contributed by atoms with E-state index in [0.717, 1.165) is 0 Å². The number of rotatable bonds is 3. The summed E-state index contributed by atoms with van der Waals surface area (Å²) >= 11 is 0. The van der Waals surface area contributed by atoms with E-state index in [0.29, 0.717) is 0 Å². The van der Waals surface area contributed by atoms with E-state index >= 15 is 0 Å². The Balaban J connectivity index is 2.26. The quantitative estimate of drug-likeness (QED) is 0.801. The molecule has 0 spiro atoms. The van der Waals surface area contributed by atoms with Crippen molar-refractivity contribution in [2.75, 3.05) is 6.61 Å². The van der Waals surface area contributed by atoms with Gasteiger partial charge >= 0.3 is 6.29 Å². The predicted molar refractivity (Wildman–Crippen MR) is 48.7 cm³/mol. The summed E-state index contributed by atoms with van der Waals surface area (Å²) in [6.07, 6.45) is -3.74. The summed E-state index contributed by atoms with van der Waals surface area (Å²) < 4.78 is 33.7. The van der Waals surface area contributed by atoms with Crippen molar-refractivity contribution < 1.29 is 28.2 Å². The van der Waals surface area contributed by atoms with Crippen LogP contribution in [-0.2, 0) is 0 Å². The van der Waals surface area contributed by atoms with Crippen molar-refractivity contribution in [1.82, 2.24) is 0 Å². The summed E-state index contributed by atoms with van der Waals surface area (Å²) in [7, 11) is 0. The Morgan fingerprint density at radius 2 is 2.00 bits per heavy atom. The lowest BCUT2D eigenvalue weighted by Gasteiger charge is -2.04. The van der Waals surface area contributed by atoms with Crippen LogP contribution in [0.3, 0.4) is 0 Å². The molecule has 1 aliphatic heterocycles. The number of carbonyl (C=O) groups excluding carboxylic acids is 1. The van der Waals surface area contributed by atoms with E-state index < -0.39 is 6.29 Å². The van der Waals surface area contributed by atoms with Crippen LogP contribution in [0.2, 0.25) is 0 Å². The van der Waals surface area contributed by atoms with E-state index in [9.17, 15) is 13.6 Å². The van der Waals surface area contributed by atoms with E-state index in [4.69, 9.17) is 5.11 Å². The Hall–Kier alpha value is -1.69. The number of hydrogen-bond donors (Lipinski definition) is 1. The lowest BCUT2D eigenvalue weighted by Crippen LogP contribution is -2.25. The number of hydrogen-bond acceptors (Lipinski definition) is 4. The highest BCUT2D eigenvalue weighted by atomic mass is 19.3. The first-order valence-electron chi connectivity index (χ1n) is 4.56. The number of ketones is 1. The van der Waals surface area contributed by atoms with Gasteiger partial charge in [0.25, 0.3) is 0 Å². The topological polar surface area (TPSA) is 55.8 Å². The number of carbonyl (C=O) groups is 1. The third-order valence-electron chi connectivity index (χ3n) is 2.06. The van der Waals surface area contributed by atoms with Gasteiger partial charge in [0, 0.05) is 12.0 Å². The van der Waals surface area contributed by atoms with Crippen molar-refractivity contribution in [3.63, 3.8) is 0 Å². The second-order valence-corrected chi connectivity index (χ2v) is 3.23. The maximum absolute atomic E-state index is 12.6. The van der Waals surface area contributed by atoms with Crippen LogP contribution in [-0.4, -0.2) is 23.8 Å². The van der Waals surface area contributed by atoms with Crippen LogP contribution in [0.4, 0.5) is 8.78 Å². The van der Waals surface area contributed by atoms with Crippen LogP contribution in [0.25, 0.3) is 0 Å². The van der Waals surface area contributed by atoms with Gasteiger partial charge in [-0.05, 0) is 18.2 Å². The molecule has 0 unspecified atom stereocenters. The fourth-order valence-electron chi connectivity index (χ4n) is 1.37. The molecule has 1 aliphatic rings. The number of aliphatic hydroxyl groups excluding tert-OH is 1. The molecule has 0 aliphatic carbocycles. The molecule has 0 fully saturated rings. The van der Waals surface area contributed by atoms with E-state index in [1.54, 1.807) is 0 Å². The minimum Gasteiger partial charge on any atom is -0.396 e. The number of fused-ring (bicyclic) bond motifs is 1. The van der Waals surface area contributed by atoms with Crippen LogP contribution < -0.4 is 9.47 Å². The van der Waals surface area contributed by atoms with Gasteiger partial charge in [0.2, 0.25) is 0 Å². The summed E-state index contributed by atoms with van der Waals surface area (Å²) in [4.78, 5) is 11.4. The Kier molecular flexibility index (Phi) is 2.51. The highest BCUT2D eigenvalue weighted by molar-refractivity contribution is 5.96. The normalized spacial score (nSPS) is 16.2. The van der Waals surface area contributed by atoms with Crippen molar-refractivity contribution >= 4 is 5.78 Å². The minimum atomic E-state index is -3.68. The van der Waals surface area contributed by atoms with Crippen molar-refractivity contribution in [3.8, 4) is 11.5 Å². The first-order valence-corrected chi connectivity index (χ1v) is 4.56. The third kappa shape index (κ3) is 1.96. The fraction of sp³-hybridized carbons (Fsp3) is 0.300. The van der Waals surface area contributed by atoms with Crippen molar-refractivity contribution in [2.24, 2.45) is 0 Å². The monoisotopic (exact) mass is 230 g/mol. The average molecular weight is 230 g/mol. The highest BCUT2D eigenvalue weighted by Gasteiger charge is 2.43. The van der Waals surface area contributed by atoms with Gasteiger partial charge in [-0.25, -0.2) is 0 Å². The molecular weight excluding hydrogens is 222 g/mol. The minimum absolute atomic E-state index is 0.0595. The van der Waals surface area contributed by atoms with Gasteiger partial charge in [-0.3, -0.25) is 4.79 Å². The molecule has 1 aromatic carbocycles. The SMILES string of the molecule is O=C(CCO)c1ccc2c(c1)OC(F)(F)O2. The smallest absolute Gasteiger partial charge is 0.396 e. The lowest BCUT2D eigenvalue weighted by molar-refractivity contribution is -0.286. The molecule has 0 radical (unpaired) electrons. The van der Waals surface area contributed by atoms with Crippen molar-refractivity contribution in [1.29, 1.82) is 0 Å². The fourth-order valence-corrected chi connectivity index (χ4v) is 1.37. The molecule has 2 rings (SSSR count). The maximum Gasteiger partial charge on any atom is 0.586 e. The van der Waals surface area contributed by atoms with Crippen LogP contribution in [0.15, 0.2) is 18.2 Å². The van der Waals surface area contributed by atoms with E-state index in [1.807, 2.05) is 0 Å². The summed E-state index contributed by atoms with van der Waals surface area (Å²) in [6.45, 7) is -0.288. The van der Waals surface area contributed by atoms with Gasteiger partial charge in [0.15, 0.2) is 17.3 Å². The lowest BCUT2D eigenvalue weighted by atomic mass is 10.1. The molecule has 16 heavy (non-hydrogen) atoms. The zero-order valence-electron chi connectivity index (χ0n) is 8.07. The molecule has 0 atom stereocenters. The van der Waals surface area contributed by atoms with Gasteiger partial charge in [-0.15, -0.1) is 8.78 Å². The number of ether oxygens (including phenoxy) is 2. The highest BCUT2D eigenvalue weighted by Crippen LogP contribution is 2.41. The van der Waals surface area contributed by atoms with E-state index in [-0.39, 0.29) is 35.9 Å². The number of halogens is 2.